The van der Waals surface area contributed by atoms with Gasteiger partial charge in [-0.15, -0.1) is 0 Å². The molecule has 2 atom stereocenters. The van der Waals surface area contributed by atoms with Crippen molar-refractivity contribution in [3.8, 4) is 0 Å². The van der Waals surface area contributed by atoms with Crippen LogP contribution in [0.25, 0.3) is 0 Å². The van der Waals surface area contributed by atoms with E-state index in [1.807, 2.05) is 0 Å². The molecule has 0 saturated carbocycles. The Balaban J connectivity index is 3.83. The average Bonchev–Trinajstić information content (AvgIpc) is 2.78. The number of carboxylic acids is 1. The third-order valence-corrected chi connectivity index (χ3v) is 4.45. The van der Waals surface area contributed by atoms with E-state index in [4.69, 9.17) is 20.3 Å². The van der Waals surface area contributed by atoms with E-state index in [0.29, 0.717) is 6.42 Å². The lowest BCUT2D eigenvalue weighted by Crippen LogP contribution is -2.36. The molecule has 6 heteroatoms. The minimum atomic E-state index is -0.992. The molecule has 2 unspecified atom stereocenters. The van der Waals surface area contributed by atoms with E-state index < -0.39 is 24.3 Å². The Labute approximate surface area is 193 Å². The summed E-state index contributed by atoms with van der Waals surface area (Å²) in [5.74, 6) is -1.62. The van der Waals surface area contributed by atoms with Crippen LogP contribution < -0.4 is 5.73 Å². The average molecular weight is 448 g/mol. The van der Waals surface area contributed by atoms with Crippen LogP contribution in [-0.2, 0) is 19.1 Å². The molecule has 3 N–H and O–H groups in total. The van der Waals surface area contributed by atoms with Crippen molar-refractivity contribution >= 4 is 11.9 Å². The summed E-state index contributed by atoms with van der Waals surface area (Å²) < 4.78 is 10.4. The monoisotopic (exact) mass is 447 g/mol. The van der Waals surface area contributed by atoms with Crippen molar-refractivity contribution in [3.63, 3.8) is 0 Å². The van der Waals surface area contributed by atoms with Crippen LogP contribution >= 0.6 is 0 Å². The number of nitrogens with two attached hydrogens (primary N) is 1. The fourth-order valence-electron chi connectivity index (χ4n) is 2.61. The van der Waals surface area contributed by atoms with Crippen LogP contribution in [0.2, 0.25) is 0 Å². The molecule has 6 nitrogen and oxygen atoms in total. The normalized spacial score (nSPS) is 14.3. The molecular formula is C26H41NO5. The molecule has 0 aliphatic rings. The van der Waals surface area contributed by atoms with Crippen LogP contribution in [0.5, 0.6) is 0 Å². The molecule has 0 aromatic rings. The second-order valence-corrected chi connectivity index (χ2v) is 7.28. The Kier molecular flexibility index (Phi) is 20.1. The highest BCUT2D eigenvalue weighted by molar-refractivity contribution is 5.76. The second kappa shape index (κ2) is 21.8. The molecule has 0 amide bonds. The lowest BCUT2D eigenvalue weighted by molar-refractivity contribution is -0.176. The number of carbonyl (C=O) groups is 2. The van der Waals surface area contributed by atoms with Crippen LogP contribution in [0.3, 0.4) is 0 Å². The predicted molar refractivity (Wildman–Crippen MR) is 130 cm³/mol. The molecule has 0 spiro atoms. The zero-order valence-corrected chi connectivity index (χ0v) is 19.7. The largest absolute Gasteiger partial charge is 0.481 e. The fourth-order valence-corrected chi connectivity index (χ4v) is 2.61. The lowest BCUT2D eigenvalue weighted by Gasteiger charge is -2.18. The number of aliphatic carboxylic acids is 1. The van der Waals surface area contributed by atoms with Crippen LogP contribution in [-0.4, -0.2) is 36.5 Å². The number of rotatable bonds is 19. The summed E-state index contributed by atoms with van der Waals surface area (Å²) in [6.07, 6.45) is 27.9. The summed E-state index contributed by atoms with van der Waals surface area (Å²) in [6, 6.07) is -0.949. The van der Waals surface area contributed by atoms with E-state index in [1.54, 1.807) is 0 Å². The second-order valence-electron chi connectivity index (χ2n) is 7.28. The molecule has 0 fully saturated rings. The molecule has 0 heterocycles. The van der Waals surface area contributed by atoms with E-state index in [9.17, 15) is 9.59 Å². The van der Waals surface area contributed by atoms with Crippen LogP contribution in [0.4, 0.5) is 0 Å². The first kappa shape index (κ1) is 29.6. The first-order valence-electron chi connectivity index (χ1n) is 11.5. The number of methoxy groups -OCH3 is 1. The van der Waals surface area contributed by atoms with Gasteiger partial charge in [0.05, 0.1) is 0 Å². The molecule has 0 aromatic heterocycles. The smallest absolute Gasteiger partial charge is 0.325 e. The molecule has 0 rings (SSSR count). The molecule has 32 heavy (non-hydrogen) atoms. The molecule has 0 saturated heterocycles. The summed E-state index contributed by atoms with van der Waals surface area (Å²) in [5, 5.41) is 8.64. The summed E-state index contributed by atoms with van der Waals surface area (Å²) in [4.78, 5) is 22.4. The van der Waals surface area contributed by atoms with Crippen molar-refractivity contribution in [1.82, 2.24) is 0 Å². The number of unbranched alkanes of at least 4 members (excludes halogenated alkanes) is 1. The summed E-state index contributed by atoms with van der Waals surface area (Å²) in [5.41, 5.74) is 5.64. The molecular weight excluding hydrogens is 406 g/mol. The van der Waals surface area contributed by atoms with Crippen molar-refractivity contribution in [2.45, 2.75) is 83.5 Å². The highest BCUT2D eigenvalue weighted by Crippen LogP contribution is 2.09. The van der Waals surface area contributed by atoms with Crippen LogP contribution in [0.1, 0.15) is 71.1 Å². The van der Waals surface area contributed by atoms with E-state index in [2.05, 4.69) is 67.7 Å². The lowest BCUT2D eigenvalue weighted by atomic mass is 10.1. The van der Waals surface area contributed by atoms with Gasteiger partial charge in [0.15, 0.2) is 0 Å². The van der Waals surface area contributed by atoms with Gasteiger partial charge in [-0.1, -0.05) is 67.7 Å². The van der Waals surface area contributed by atoms with Crippen molar-refractivity contribution in [2.24, 2.45) is 5.73 Å². The zero-order valence-electron chi connectivity index (χ0n) is 19.7. The van der Waals surface area contributed by atoms with Crippen molar-refractivity contribution < 1.29 is 24.2 Å². The van der Waals surface area contributed by atoms with E-state index in [-0.39, 0.29) is 12.8 Å². The Morgan fingerprint density at radius 3 is 1.81 bits per heavy atom. The number of hydrogen-bond acceptors (Lipinski definition) is 5. The van der Waals surface area contributed by atoms with E-state index in [1.165, 1.54) is 7.11 Å². The minimum Gasteiger partial charge on any atom is -0.481 e. The van der Waals surface area contributed by atoms with Crippen LogP contribution in [0.15, 0.2) is 60.8 Å². The van der Waals surface area contributed by atoms with E-state index in [0.717, 1.165) is 44.9 Å². The van der Waals surface area contributed by atoms with Gasteiger partial charge in [0.25, 0.3) is 0 Å². The summed E-state index contributed by atoms with van der Waals surface area (Å²) in [6.45, 7) is 2.14. The van der Waals surface area contributed by atoms with Gasteiger partial charge < -0.3 is 20.3 Å². The summed E-state index contributed by atoms with van der Waals surface area (Å²) in [7, 11) is 1.47. The number of carbonyl (C=O) groups excluding carboxylic acids is 1. The molecule has 0 aliphatic heterocycles. The van der Waals surface area contributed by atoms with Gasteiger partial charge in [0, 0.05) is 20.0 Å². The van der Waals surface area contributed by atoms with Gasteiger partial charge in [-0.2, -0.15) is 0 Å². The Bertz CT molecular complexity index is 634. The van der Waals surface area contributed by atoms with E-state index >= 15 is 0 Å². The highest BCUT2D eigenvalue weighted by Gasteiger charge is 2.20. The third-order valence-electron chi connectivity index (χ3n) is 4.45. The minimum absolute atomic E-state index is 0.0463. The number of carboxylic acid groups (broad SMARTS) is 1. The maximum Gasteiger partial charge on any atom is 0.325 e. The predicted octanol–water partition coefficient (Wildman–Crippen LogP) is 5.62. The van der Waals surface area contributed by atoms with Gasteiger partial charge in [0.1, 0.15) is 6.04 Å². The Morgan fingerprint density at radius 2 is 1.34 bits per heavy atom. The molecule has 0 bridgehead atoms. The standard InChI is InChI=1S/C26H41NO5/c1-3-4-5-6-7-8-9-10-11-12-13-14-15-16-17-18-19-20-25(31-2)32-26(30)23(27)21-22-24(28)29/h4-5,7-8,10-11,13-14,16-17,23,25H,3,6,9,12,15,18-22,27H2,1-2H3,(H,28,29)/b5-4-,8-7-,11-10-,14-13-,17-16-. The quantitative estimate of drug-likeness (QED) is 0.115. The Morgan fingerprint density at radius 1 is 0.844 bits per heavy atom. The van der Waals surface area contributed by atoms with Gasteiger partial charge >= 0.3 is 11.9 Å². The van der Waals surface area contributed by atoms with Gasteiger partial charge in [-0.05, 0) is 51.4 Å². The van der Waals surface area contributed by atoms with Crippen molar-refractivity contribution in [3.05, 3.63) is 60.8 Å². The van der Waals surface area contributed by atoms with Gasteiger partial charge in [-0.25, -0.2) is 0 Å². The van der Waals surface area contributed by atoms with Gasteiger partial charge in [-0.3, -0.25) is 9.59 Å². The SMILES string of the molecule is CC/C=C\C/C=C\C/C=C\C/C=C\C/C=C\CCCC(OC)OC(=O)C(N)CCC(=O)O. The number of ether oxygens (including phenoxy) is 2. The molecule has 0 aromatic carbocycles. The summed E-state index contributed by atoms with van der Waals surface area (Å²) >= 11 is 0. The topological polar surface area (TPSA) is 98.9 Å². The van der Waals surface area contributed by atoms with Crippen molar-refractivity contribution in [1.29, 1.82) is 0 Å². The van der Waals surface area contributed by atoms with Crippen LogP contribution in [0, 0.1) is 0 Å². The molecule has 0 radical (unpaired) electrons. The number of esters is 1. The fraction of sp³-hybridized carbons (Fsp3) is 0.538. The molecule has 180 valence electrons. The number of hydrogen-bond donors (Lipinski definition) is 2. The van der Waals surface area contributed by atoms with Crippen molar-refractivity contribution in [2.75, 3.05) is 7.11 Å². The first-order valence-corrected chi connectivity index (χ1v) is 11.5. The van der Waals surface area contributed by atoms with Gasteiger partial charge in [0.2, 0.25) is 6.29 Å². The maximum absolute atomic E-state index is 11.9. The highest BCUT2D eigenvalue weighted by atomic mass is 16.7. The third kappa shape index (κ3) is 19.5. The first-order chi connectivity index (χ1) is 15.5. The Hall–Kier alpha value is -2.44. The zero-order chi connectivity index (χ0) is 23.9. The maximum atomic E-state index is 11.9. The molecule has 0 aliphatic carbocycles. The number of allylic oxidation sites excluding steroid dienone is 10.